The topological polar surface area (TPSA) is 61.8 Å². The summed E-state index contributed by atoms with van der Waals surface area (Å²) in [4.78, 5) is 12.6. The number of hydroxylamine groups is 1. The first-order chi connectivity index (χ1) is 6.36. The lowest BCUT2D eigenvalue weighted by Gasteiger charge is -2.27. The van der Waals surface area contributed by atoms with Crippen molar-refractivity contribution in [1.82, 2.24) is 10.4 Å². The van der Waals surface area contributed by atoms with E-state index < -0.39 is 6.04 Å². The minimum Gasteiger partial charge on any atom is -0.379 e. The lowest BCUT2D eigenvalue weighted by atomic mass is 10.2. The third kappa shape index (κ3) is 3.82. The zero-order valence-corrected chi connectivity index (χ0v) is 7.61. The van der Waals surface area contributed by atoms with Crippen molar-refractivity contribution in [2.45, 2.75) is 12.5 Å². The van der Waals surface area contributed by atoms with Crippen LogP contribution in [0, 0.1) is 0 Å². The molecule has 5 nitrogen and oxygen atoms in total. The number of aldehydes is 1. The Labute approximate surface area is 77.6 Å². The fourth-order valence-corrected chi connectivity index (χ4v) is 1.31. The average Bonchev–Trinajstić information content (AvgIpc) is 2.21. The number of hydrogen-bond donors (Lipinski definition) is 2. The van der Waals surface area contributed by atoms with Crippen molar-refractivity contribution in [3.05, 3.63) is 0 Å². The highest BCUT2D eigenvalue weighted by atomic mass is 16.5. The number of nitrogens with one attached hydrogen (secondary N) is 1. The predicted molar refractivity (Wildman–Crippen MR) is 46.7 cm³/mol. The summed E-state index contributed by atoms with van der Waals surface area (Å²) in [6.45, 7) is 4.17. The van der Waals surface area contributed by atoms with E-state index in [2.05, 4.69) is 4.90 Å². The van der Waals surface area contributed by atoms with Gasteiger partial charge >= 0.3 is 0 Å². The van der Waals surface area contributed by atoms with Gasteiger partial charge in [0.05, 0.1) is 19.3 Å². The second-order valence-corrected chi connectivity index (χ2v) is 3.11. The highest BCUT2D eigenvalue weighted by Crippen LogP contribution is 1.99. The van der Waals surface area contributed by atoms with Gasteiger partial charge in [-0.15, -0.1) is 0 Å². The summed E-state index contributed by atoms with van der Waals surface area (Å²) in [5.41, 5.74) is 1.97. The van der Waals surface area contributed by atoms with Crippen LogP contribution in [0.3, 0.4) is 0 Å². The maximum Gasteiger partial charge on any atom is 0.139 e. The van der Waals surface area contributed by atoms with Crippen LogP contribution in [0.25, 0.3) is 0 Å². The van der Waals surface area contributed by atoms with Crippen LogP contribution in [0.4, 0.5) is 0 Å². The van der Waals surface area contributed by atoms with Gasteiger partial charge in [-0.25, -0.2) is 0 Å². The normalized spacial score (nSPS) is 21.3. The van der Waals surface area contributed by atoms with Crippen LogP contribution in [0.2, 0.25) is 0 Å². The molecule has 0 bridgehead atoms. The van der Waals surface area contributed by atoms with Gasteiger partial charge in [0.2, 0.25) is 0 Å². The Bertz CT molecular complexity index is 148. The standard InChI is InChI=1S/C8H16N2O3/c11-7-8(9-12)1-2-10-3-5-13-6-4-10/h7-9,12H,1-6H2/t8-/m0/s1. The van der Waals surface area contributed by atoms with E-state index in [1.807, 2.05) is 5.48 Å². The second-order valence-electron chi connectivity index (χ2n) is 3.11. The fourth-order valence-electron chi connectivity index (χ4n) is 1.31. The van der Waals surface area contributed by atoms with Crippen LogP contribution in [-0.2, 0) is 9.53 Å². The molecule has 1 atom stereocenters. The number of nitrogens with zero attached hydrogens (tertiary/aromatic N) is 1. The predicted octanol–water partition coefficient (Wildman–Crippen LogP) is -0.745. The summed E-state index contributed by atoms with van der Waals surface area (Å²) in [6.07, 6.45) is 1.36. The van der Waals surface area contributed by atoms with Gasteiger partial charge in [0.25, 0.3) is 0 Å². The van der Waals surface area contributed by atoms with Crippen molar-refractivity contribution in [3.8, 4) is 0 Å². The third-order valence-electron chi connectivity index (χ3n) is 2.19. The molecule has 5 heteroatoms. The van der Waals surface area contributed by atoms with E-state index in [9.17, 15) is 4.79 Å². The van der Waals surface area contributed by atoms with E-state index in [4.69, 9.17) is 9.94 Å². The zero-order valence-electron chi connectivity index (χ0n) is 7.61. The summed E-state index contributed by atoms with van der Waals surface area (Å²) in [5, 5.41) is 8.53. The van der Waals surface area contributed by atoms with Gasteiger partial charge in [-0.1, -0.05) is 0 Å². The zero-order chi connectivity index (χ0) is 9.52. The molecule has 0 aromatic rings. The van der Waals surface area contributed by atoms with Gasteiger partial charge in [0.1, 0.15) is 6.29 Å². The molecular weight excluding hydrogens is 172 g/mol. The molecule has 2 N–H and O–H groups in total. The van der Waals surface area contributed by atoms with Gasteiger partial charge < -0.3 is 14.7 Å². The lowest BCUT2D eigenvalue weighted by molar-refractivity contribution is -0.112. The Kier molecular flexibility index (Phi) is 4.92. The number of ether oxygens (including phenoxy) is 1. The van der Waals surface area contributed by atoms with Crippen LogP contribution in [-0.4, -0.2) is 55.3 Å². The van der Waals surface area contributed by atoms with Gasteiger partial charge in [-0.05, 0) is 6.42 Å². The number of carbonyl (C=O) groups is 1. The molecular formula is C8H16N2O3. The van der Waals surface area contributed by atoms with Gasteiger partial charge in [-0.3, -0.25) is 4.90 Å². The second kappa shape index (κ2) is 6.04. The molecule has 1 aliphatic rings. The Morgan fingerprint density at radius 3 is 2.77 bits per heavy atom. The average molecular weight is 188 g/mol. The van der Waals surface area contributed by atoms with E-state index in [0.717, 1.165) is 39.1 Å². The van der Waals surface area contributed by atoms with E-state index in [0.29, 0.717) is 6.42 Å². The molecule has 1 rings (SSSR count). The van der Waals surface area contributed by atoms with Crippen molar-refractivity contribution in [2.24, 2.45) is 0 Å². The SMILES string of the molecule is O=C[C@H](CCN1CCOCC1)NO. The molecule has 0 amide bonds. The Morgan fingerprint density at radius 1 is 1.54 bits per heavy atom. The molecule has 13 heavy (non-hydrogen) atoms. The largest absolute Gasteiger partial charge is 0.379 e. The minimum atomic E-state index is -0.442. The Balaban J connectivity index is 2.12. The third-order valence-corrected chi connectivity index (χ3v) is 2.19. The first kappa shape index (κ1) is 10.6. The lowest BCUT2D eigenvalue weighted by Crippen LogP contribution is -2.39. The maximum absolute atomic E-state index is 10.3. The first-order valence-electron chi connectivity index (χ1n) is 4.52. The van der Waals surface area contributed by atoms with Crippen LogP contribution in [0.5, 0.6) is 0 Å². The van der Waals surface area contributed by atoms with E-state index >= 15 is 0 Å². The molecule has 76 valence electrons. The van der Waals surface area contributed by atoms with Crippen molar-refractivity contribution in [3.63, 3.8) is 0 Å². The smallest absolute Gasteiger partial charge is 0.139 e. The Morgan fingerprint density at radius 2 is 2.23 bits per heavy atom. The summed E-state index contributed by atoms with van der Waals surface area (Å²) in [7, 11) is 0. The monoisotopic (exact) mass is 188 g/mol. The summed E-state index contributed by atoms with van der Waals surface area (Å²) >= 11 is 0. The highest BCUT2D eigenvalue weighted by Gasteiger charge is 2.12. The van der Waals surface area contributed by atoms with Gasteiger partial charge in [0, 0.05) is 19.6 Å². The molecule has 1 heterocycles. The van der Waals surface area contributed by atoms with Crippen molar-refractivity contribution >= 4 is 6.29 Å². The highest BCUT2D eigenvalue weighted by molar-refractivity contribution is 5.56. The first-order valence-corrected chi connectivity index (χ1v) is 4.52. The van der Waals surface area contributed by atoms with Crippen LogP contribution in [0.1, 0.15) is 6.42 Å². The molecule has 0 aromatic carbocycles. The van der Waals surface area contributed by atoms with Crippen LogP contribution >= 0.6 is 0 Å². The number of carbonyl (C=O) groups excluding carboxylic acids is 1. The van der Waals surface area contributed by atoms with Crippen LogP contribution in [0.15, 0.2) is 0 Å². The molecule has 0 unspecified atom stereocenters. The summed E-state index contributed by atoms with van der Waals surface area (Å²) < 4.78 is 5.18. The number of morpholine rings is 1. The fraction of sp³-hybridized carbons (Fsp3) is 0.875. The number of hydrogen-bond acceptors (Lipinski definition) is 5. The maximum atomic E-state index is 10.3. The van der Waals surface area contributed by atoms with Crippen molar-refractivity contribution in [1.29, 1.82) is 0 Å². The Hall–Kier alpha value is -0.490. The van der Waals surface area contributed by atoms with Gasteiger partial charge in [-0.2, -0.15) is 5.48 Å². The van der Waals surface area contributed by atoms with Crippen molar-refractivity contribution < 1.29 is 14.7 Å². The molecule has 0 spiro atoms. The van der Waals surface area contributed by atoms with E-state index in [1.54, 1.807) is 0 Å². The molecule has 0 saturated carbocycles. The molecule has 1 fully saturated rings. The molecule has 1 aliphatic heterocycles. The summed E-state index contributed by atoms with van der Waals surface area (Å²) in [6, 6.07) is -0.442. The summed E-state index contributed by atoms with van der Waals surface area (Å²) in [5.74, 6) is 0. The van der Waals surface area contributed by atoms with E-state index in [1.165, 1.54) is 0 Å². The quantitative estimate of drug-likeness (QED) is 0.439. The van der Waals surface area contributed by atoms with Crippen LogP contribution < -0.4 is 5.48 Å². The molecule has 1 saturated heterocycles. The van der Waals surface area contributed by atoms with Gasteiger partial charge in [0.15, 0.2) is 0 Å². The molecule has 0 aromatic heterocycles. The van der Waals surface area contributed by atoms with Crippen molar-refractivity contribution in [2.75, 3.05) is 32.8 Å². The minimum absolute atomic E-state index is 0.442. The molecule has 0 aliphatic carbocycles. The molecule has 0 radical (unpaired) electrons. The number of rotatable bonds is 5. The van der Waals surface area contributed by atoms with E-state index in [-0.39, 0.29) is 0 Å².